The van der Waals surface area contributed by atoms with Gasteiger partial charge in [-0.1, -0.05) is 30.6 Å². The van der Waals surface area contributed by atoms with Gasteiger partial charge in [-0.3, -0.25) is 4.79 Å². The van der Waals surface area contributed by atoms with Crippen LogP contribution in [0.4, 0.5) is 0 Å². The van der Waals surface area contributed by atoms with Crippen LogP contribution >= 0.6 is 0 Å². The number of fused-ring (bicyclic) bond motifs is 2. The Morgan fingerprint density at radius 2 is 1.84 bits per heavy atom. The van der Waals surface area contributed by atoms with Crippen molar-refractivity contribution in [2.75, 3.05) is 0 Å². The third-order valence-corrected chi connectivity index (χ3v) is 5.89. The lowest BCUT2D eigenvalue weighted by atomic mass is 9.56. The molecule has 1 atom stereocenters. The second-order valence-electron chi connectivity index (χ2n) is 6.56. The van der Waals surface area contributed by atoms with Gasteiger partial charge in [0.1, 0.15) is 5.60 Å². The van der Waals surface area contributed by atoms with Crippen molar-refractivity contribution in [1.82, 2.24) is 0 Å². The van der Waals surface area contributed by atoms with Crippen LogP contribution in [0.2, 0.25) is 0 Å². The lowest BCUT2D eigenvalue weighted by Gasteiger charge is -2.51. The SMILES string of the molecule is O=C1CCC2(CCC3=C(C[CH]C=C3)C23CCCC3)O1. The van der Waals surface area contributed by atoms with Crippen molar-refractivity contribution < 1.29 is 9.53 Å². The Bertz CT molecular complexity index is 479. The Labute approximate surface area is 114 Å². The summed E-state index contributed by atoms with van der Waals surface area (Å²) >= 11 is 0. The van der Waals surface area contributed by atoms with E-state index in [1.807, 2.05) is 0 Å². The molecular weight excluding hydrogens is 236 g/mol. The van der Waals surface area contributed by atoms with Gasteiger partial charge in [0.25, 0.3) is 0 Å². The van der Waals surface area contributed by atoms with E-state index in [0.29, 0.717) is 6.42 Å². The summed E-state index contributed by atoms with van der Waals surface area (Å²) in [5, 5.41) is 0. The van der Waals surface area contributed by atoms with Crippen LogP contribution in [0.3, 0.4) is 0 Å². The zero-order chi connectivity index (χ0) is 12.9. The van der Waals surface area contributed by atoms with Crippen LogP contribution in [-0.4, -0.2) is 11.6 Å². The van der Waals surface area contributed by atoms with Gasteiger partial charge in [0, 0.05) is 11.8 Å². The third-order valence-electron chi connectivity index (χ3n) is 5.89. The van der Waals surface area contributed by atoms with Crippen LogP contribution in [0.15, 0.2) is 23.3 Å². The maximum Gasteiger partial charge on any atom is 0.306 e. The number of carbonyl (C=O) groups excluding carboxylic acids is 1. The molecule has 4 aliphatic rings. The summed E-state index contributed by atoms with van der Waals surface area (Å²) in [5.74, 6) is 0.0330. The van der Waals surface area contributed by atoms with Crippen LogP contribution < -0.4 is 0 Å². The van der Waals surface area contributed by atoms with Crippen molar-refractivity contribution in [1.29, 1.82) is 0 Å². The van der Waals surface area contributed by atoms with E-state index in [2.05, 4.69) is 18.6 Å². The number of esters is 1. The molecule has 101 valence electrons. The van der Waals surface area contributed by atoms with E-state index in [9.17, 15) is 4.79 Å². The largest absolute Gasteiger partial charge is 0.458 e. The topological polar surface area (TPSA) is 26.3 Å². The molecule has 0 bridgehead atoms. The minimum Gasteiger partial charge on any atom is -0.458 e. The van der Waals surface area contributed by atoms with Crippen molar-refractivity contribution in [3.8, 4) is 0 Å². The summed E-state index contributed by atoms with van der Waals surface area (Å²) in [6, 6.07) is 0. The monoisotopic (exact) mass is 257 g/mol. The van der Waals surface area contributed by atoms with Crippen LogP contribution in [0.25, 0.3) is 0 Å². The van der Waals surface area contributed by atoms with E-state index in [0.717, 1.165) is 25.7 Å². The average molecular weight is 257 g/mol. The molecule has 0 aromatic carbocycles. The highest BCUT2D eigenvalue weighted by Gasteiger charge is 2.60. The summed E-state index contributed by atoms with van der Waals surface area (Å²) in [5.41, 5.74) is 3.17. The first-order chi connectivity index (χ1) is 9.26. The second-order valence-corrected chi connectivity index (χ2v) is 6.56. The zero-order valence-electron chi connectivity index (χ0n) is 11.4. The smallest absolute Gasteiger partial charge is 0.306 e. The minimum absolute atomic E-state index is 0.0330. The molecule has 3 aliphatic carbocycles. The van der Waals surface area contributed by atoms with Gasteiger partial charge >= 0.3 is 5.97 Å². The molecule has 1 heterocycles. The number of carbonyl (C=O) groups is 1. The fraction of sp³-hybridized carbons (Fsp3) is 0.647. The van der Waals surface area contributed by atoms with Gasteiger partial charge in [-0.15, -0.1) is 0 Å². The quantitative estimate of drug-likeness (QED) is 0.616. The summed E-state index contributed by atoms with van der Waals surface area (Å²) < 4.78 is 5.97. The maximum atomic E-state index is 11.8. The van der Waals surface area contributed by atoms with Gasteiger partial charge in [-0.05, 0) is 50.5 Å². The zero-order valence-corrected chi connectivity index (χ0v) is 11.4. The Morgan fingerprint density at radius 3 is 2.58 bits per heavy atom. The van der Waals surface area contributed by atoms with E-state index in [1.54, 1.807) is 5.57 Å². The average Bonchev–Trinajstić information content (AvgIpc) is 3.04. The molecule has 2 heteroatoms. The highest BCUT2D eigenvalue weighted by Crippen LogP contribution is 2.63. The predicted molar refractivity (Wildman–Crippen MR) is 73.3 cm³/mol. The Morgan fingerprint density at radius 1 is 1.05 bits per heavy atom. The molecule has 0 amide bonds. The molecule has 1 aliphatic heterocycles. The van der Waals surface area contributed by atoms with Gasteiger partial charge in [0.05, 0.1) is 0 Å². The van der Waals surface area contributed by atoms with Crippen molar-refractivity contribution in [2.45, 2.75) is 63.4 Å². The third kappa shape index (κ3) is 1.46. The molecule has 2 nitrogen and oxygen atoms in total. The lowest BCUT2D eigenvalue weighted by Crippen LogP contribution is -2.50. The van der Waals surface area contributed by atoms with E-state index in [1.165, 1.54) is 31.3 Å². The van der Waals surface area contributed by atoms with Gasteiger partial charge in [0.2, 0.25) is 0 Å². The molecule has 2 fully saturated rings. The molecule has 4 rings (SSSR count). The van der Waals surface area contributed by atoms with Gasteiger partial charge in [-0.2, -0.15) is 0 Å². The van der Waals surface area contributed by atoms with Gasteiger partial charge < -0.3 is 4.74 Å². The molecule has 1 saturated carbocycles. The van der Waals surface area contributed by atoms with Gasteiger partial charge in [-0.25, -0.2) is 0 Å². The molecule has 1 radical (unpaired) electrons. The molecular formula is C17H21O2. The first-order valence-electron chi connectivity index (χ1n) is 7.70. The highest BCUT2D eigenvalue weighted by atomic mass is 16.6. The first kappa shape index (κ1) is 11.7. The molecule has 0 aromatic rings. The van der Waals surface area contributed by atoms with Crippen molar-refractivity contribution in [2.24, 2.45) is 5.41 Å². The number of allylic oxidation sites excluding steroid dienone is 3. The van der Waals surface area contributed by atoms with E-state index in [-0.39, 0.29) is 17.0 Å². The molecule has 2 spiro atoms. The minimum atomic E-state index is -0.154. The van der Waals surface area contributed by atoms with Crippen LogP contribution in [-0.2, 0) is 9.53 Å². The summed E-state index contributed by atoms with van der Waals surface area (Å²) in [6.45, 7) is 0. The number of hydrogen-bond donors (Lipinski definition) is 0. The molecule has 0 N–H and O–H groups in total. The maximum absolute atomic E-state index is 11.8. The number of hydrogen-bond acceptors (Lipinski definition) is 2. The van der Waals surface area contributed by atoms with Crippen molar-refractivity contribution in [3.63, 3.8) is 0 Å². The van der Waals surface area contributed by atoms with Crippen molar-refractivity contribution in [3.05, 3.63) is 29.7 Å². The molecule has 1 unspecified atom stereocenters. The lowest BCUT2D eigenvalue weighted by molar-refractivity contribution is -0.160. The Kier molecular flexibility index (Phi) is 2.46. The molecule has 1 saturated heterocycles. The summed E-state index contributed by atoms with van der Waals surface area (Å²) in [4.78, 5) is 11.8. The highest BCUT2D eigenvalue weighted by molar-refractivity contribution is 5.73. The first-order valence-corrected chi connectivity index (χ1v) is 7.70. The van der Waals surface area contributed by atoms with Crippen molar-refractivity contribution >= 4 is 5.97 Å². The van der Waals surface area contributed by atoms with Crippen LogP contribution in [0.1, 0.15) is 57.8 Å². The van der Waals surface area contributed by atoms with E-state index in [4.69, 9.17) is 4.74 Å². The Balaban J connectivity index is 1.84. The van der Waals surface area contributed by atoms with E-state index >= 15 is 0 Å². The summed E-state index contributed by atoms with van der Waals surface area (Å²) in [7, 11) is 0. The van der Waals surface area contributed by atoms with Crippen LogP contribution in [0, 0.1) is 11.8 Å². The normalized spacial score (nSPS) is 36.1. The number of ether oxygens (including phenoxy) is 1. The van der Waals surface area contributed by atoms with Crippen LogP contribution in [0.5, 0.6) is 0 Å². The van der Waals surface area contributed by atoms with E-state index < -0.39 is 0 Å². The van der Waals surface area contributed by atoms with Gasteiger partial charge in [0.15, 0.2) is 0 Å². The fourth-order valence-electron chi connectivity index (χ4n) is 5.06. The predicted octanol–water partition coefficient (Wildman–Crippen LogP) is 3.88. The fourth-order valence-corrected chi connectivity index (χ4v) is 5.06. The second kappa shape index (κ2) is 3.97. The Hall–Kier alpha value is -1.05. The summed E-state index contributed by atoms with van der Waals surface area (Å²) in [6.07, 6.45) is 16.6. The standard InChI is InChI=1S/C17H21O2/c18-15-8-12-17(19-15)11-7-13-5-1-2-6-14(13)16(17)9-3-4-10-16/h1-2,5H,3-4,6-12H2. The molecule has 0 aromatic heterocycles. The number of rotatable bonds is 0. The molecule has 19 heavy (non-hydrogen) atoms.